The Hall–Kier alpha value is -8.14. The van der Waals surface area contributed by atoms with E-state index in [1.165, 1.54) is 0 Å². The predicted octanol–water partition coefficient (Wildman–Crippen LogP) is 12.6. The summed E-state index contributed by atoms with van der Waals surface area (Å²) in [6, 6.07) is 69.1. The van der Waals surface area contributed by atoms with Gasteiger partial charge < -0.3 is 9.13 Å². The highest BCUT2D eigenvalue weighted by molar-refractivity contribution is 6.26. The Morgan fingerprint density at radius 2 is 0.793 bits per heavy atom. The molecule has 0 aliphatic heterocycles. The molecule has 0 N–H and O–H groups in total. The Balaban J connectivity index is 1.26. The number of nitriles is 1. The lowest BCUT2D eigenvalue weighted by Gasteiger charge is -2.17. The molecule has 0 bridgehead atoms. The van der Waals surface area contributed by atoms with Crippen LogP contribution in [0.15, 0.2) is 194 Å². The summed E-state index contributed by atoms with van der Waals surface area (Å²) < 4.78 is 4.71. The summed E-state index contributed by atoms with van der Waals surface area (Å²) in [7, 11) is 0. The normalized spacial score (nSPS) is 11.4. The van der Waals surface area contributed by atoms with E-state index >= 15 is 0 Å². The van der Waals surface area contributed by atoms with E-state index in [0.717, 1.165) is 82.8 Å². The molecule has 6 heteroatoms. The van der Waals surface area contributed by atoms with Crippen molar-refractivity contribution in [3.63, 3.8) is 0 Å². The summed E-state index contributed by atoms with van der Waals surface area (Å²) in [5, 5.41) is 15.7. The maximum atomic E-state index is 11.2. The number of nitrogens with zero attached hydrogens (tertiary/aromatic N) is 6. The van der Waals surface area contributed by atoms with Crippen molar-refractivity contribution in [2.45, 2.75) is 0 Å². The van der Waals surface area contributed by atoms with E-state index in [1.807, 2.05) is 84.9 Å². The van der Waals surface area contributed by atoms with Gasteiger partial charge in [0, 0.05) is 60.7 Å². The second-order valence-corrected chi connectivity index (χ2v) is 14.3. The molecule has 0 saturated carbocycles. The molecule has 0 radical (unpaired) electrons. The molecule has 3 aromatic heterocycles. The van der Waals surface area contributed by atoms with E-state index in [2.05, 4.69) is 124 Å². The van der Waals surface area contributed by atoms with Gasteiger partial charge in [0.05, 0.1) is 33.7 Å². The van der Waals surface area contributed by atoms with Crippen LogP contribution in [0.3, 0.4) is 0 Å². The van der Waals surface area contributed by atoms with Crippen LogP contribution in [0.2, 0.25) is 0 Å². The summed E-state index contributed by atoms with van der Waals surface area (Å²) in [5.41, 5.74) is 11.1. The van der Waals surface area contributed by atoms with E-state index in [9.17, 15) is 5.26 Å². The van der Waals surface area contributed by atoms with Gasteiger partial charge in [-0.15, -0.1) is 0 Å². The Bertz CT molecular complexity index is 3190. The van der Waals surface area contributed by atoms with Crippen molar-refractivity contribution in [2.75, 3.05) is 0 Å². The van der Waals surface area contributed by atoms with E-state index in [0.29, 0.717) is 23.0 Å². The van der Waals surface area contributed by atoms with Crippen LogP contribution in [0.25, 0.3) is 100 Å². The summed E-state index contributed by atoms with van der Waals surface area (Å²) >= 11 is 0. The number of hydrogen-bond donors (Lipinski definition) is 0. The second kappa shape index (κ2) is 13.6. The quantitative estimate of drug-likeness (QED) is 0.170. The van der Waals surface area contributed by atoms with Gasteiger partial charge in [-0.1, -0.05) is 146 Å². The summed E-state index contributed by atoms with van der Waals surface area (Å²) in [5.74, 6) is 1.63. The lowest BCUT2D eigenvalue weighted by Crippen LogP contribution is -2.02. The molecular formula is C52H32N6. The fraction of sp³-hybridized carbons (Fsp3) is 0. The third kappa shape index (κ3) is 5.30. The van der Waals surface area contributed by atoms with Crippen LogP contribution in [-0.2, 0) is 0 Å². The van der Waals surface area contributed by atoms with Crippen molar-refractivity contribution in [3.05, 3.63) is 200 Å². The zero-order valence-corrected chi connectivity index (χ0v) is 31.2. The Morgan fingerprint density at radius 1 is 0.379 bits per heavy atom. The number of benzene rings is 8. The van der Waals surface area contributed by atoms with Crippen LogP contribution in [0.5, 0.6) is 0 Å². The Labute approximate surface area is 334 Å². The number of aromatic nitrogens is 5. The molecular weight excluding hydrogens is 709 g/mol. The largest absolute Gasteiger partial charge is 0.309 e. The molecule has 8 aromatic carbocycles. The van der Waals surface area contributed by atoms with E-state index in [1.54, 1.807) is 0 Å². The minimum atomic E-state index is 0.496. The molecule has 11 aromatic rings. The first-order valence-electron chi connectivity index (χ1n) is 19.3. The van der Waals surface area contributed by atoms with Crippen LogP contribution in [0, 0.1) is 11.3 Å². The lowest BCUT2D eigenvalue weighted by molar-refractivity contribution is 1.07. The van der Waals surface area contributed by atoms with Gasteiger partial charge in [0.15, 0.2) is 17.5 Å². The van der Waals surface area contributed by atoms with Crippen molar-refractivity contribution in [3.8, 4) is 62.7 Å². The predicted molar refractivity (Wildman–Crippen MR) is 235 cm³/mol. The van der Waals surface area contributed by atoms with Crippen LogP contribution >= 0.6 is 0 Å². The van der Waals surface area contributed by atoms with Crippen molar-refractivity contribution < 1.29 is 0 Å². The summed E-state index contributed by atoms with van der Waals surface area (Å²) in [4.78, 5) is 14.9. The van der Waals surface area contributed by atoms with Gasteiger partial charge in [-0.2, -0.15) is 5.26 Å². The van der Waals surface area contributed by atoms with Gasteiger partial charge >= 0.3 is 0 Å². The second-order valence-electron chi connectivity index (χ2n) is 14.3. The van der Waals surface area contributed by atoms with Gasteiger partial charge in [0.2, 0.25) is 0 Å². The molecule has 270 valence electrons. The highest BCUT2D eigenvalue weighted by atomic mass is 15.0. The van der Waals surface area contributed by atoms with Crippen LogP contribution in [0.1, 0.15) is 5.56 Å². The van der Waals surface area contributed by atoms with Crippen molar-refractivity contribution in [1.82, 2.24) is 24.1 Å². The number of fused-ring (bicyclic) bond motifs is 6. The van der Waals surface area contributed by atoms with Crippen molar-refractivity contribution in [1.29, 1.82) is 5.26 Å². The van der Waals surface area contributed by atoms with Crippen LogP contribution < -0.4 is 0 Å². The van der Waals surface area contributed by atoms with Crippen LogP contribution in [-0.4, -0.2) is 24.1 Å². The number of rotatable bonds is 6. The molecule has 0 atom stereocenters. The first kappa shape index (κ1) is 33.2. The highest BCUT2D eigenvalue weighted by Gasteiger charge is 2.26. The molecule has 0 aliphatic rings. The lowest BCUT2D eigenvalue weighted by atomic mass is 9.93. The van der Waals surface area contributed by atoms with Gasteiger partial charge in [0.25, 0.3) is 0 Å². The van der Waals surface area contributed by atoms with Crippen molar-refractivity contribution in [2.24, 2.45) is 0 Å². The smallest absolute Gasteiger partial charge is 0.164 e. The fourth-order valence-electron chi connectivity index (χ4n) is 8.45. The zero-order chi connectivity index (χ0) is 38.6. The van der Waals surface area contributed by atoms with Crippen LogP contribution in [0.4, 0.5) is 0 Å². The first-order valence-corrected chi connectivity index (χ1v) is 19.3. The Morgan fingerprint density at radius 3 is 1.26 bits per heavy atom. The molecule has 0 amide bonds. The minimum Gasteiger partial charge on any atom is -0.309 e. The average Bonchev–Trinajstić information content (AvgIpc) is 3.82. The molecule has 58 heavy (non-hydrogen) atoms. The molecule has 0 aliphatic carbocycles. The summed E-state index contributed by atoms with van der Waals surface area (Å²) in [6.45, 7) is 0. The average molecular weight is 741 g/mol. The van der Waals surface area contributed by atoms with Gasteiger partial charge in [-0.05, 0) is 48.5 Å². The van der Waals surface area contributed by atoms with Gasteiger partial charge in [0.1, 0.15) is 0 Å². The zero-order valence-electron chi connectivity index (χ0n) is 31.2. The third-order valence-electron chi connectivity index (χ3n) is 11.0. The molecule has 0 saturated heterocycles. The minimum absolute atomic E-state index is 0.496. The van der Waals surface area contributed by atoms with Gasteiger partial charge in [-0.25, -0.2) is 15.0 Å². The SMILES string of the molecule is N#Cc1cc(-c2nc(-c3ccccc3)nc(-c3ccccc3)n2)ccc1-c1c2c(cc3c4ccccc4n(-c4ccccc4)c13)c1ccccc1n2-c1ccccc1. The maximum Gasteiger partial charge on any atom is 0.164 e. The molecule has 0 fully saturated rings. The molecule has 0 spiro atoms. The number of hydrogen-bond acceptors (Lipinski definition) is 4. The Kier molecular flexibility index (Phi) is 7.76. The van der Waals surface area contributed by atoms with E-state index < -0.39 is 0 Å². The fourth-order valence-corrected chi connectivity index (χ4v) is 8.45. The van der Waals surface area contributed by atoms with Crippen molar-refractivity contribution >= 4 is 43.6 Å². The first-order chi connectivity index (χ1) is 28.7. The maximum absolute atomic E-state index is 11.2. The molecule has 11 rings (SSSR count). The third-order valence-corrected chi connectivity index (χ3v) is 11.0. The standard InChI is InChI=1S/C52H32N6/c53-33-37-31-36(52-55-50(34-17-5-1-6-18-34)54-51(56-52)35-19-7-2-8-20-35)29-30-40(37)47-48-43(41-25-13-15-27-45(41)57(48)38-21-9-3-10-22-38)32-44-42-26-14-16-28-46(42)58(49(44)47)39-23-11-4-12-24-39/h1-32H. The molecule has 0 unspecified atom stereocenters. The van der Waals surface area contributed by atoms with E-state index in [-0.39, 0.29) is 0 Å². The summed E-state index contributed by atoms with van der Waals surface area (Å²) in [6.07, 6.45) is 0. The number of para-hydroxylation sites is 4. The topological polar surface area (TPSA) is 72.3 Å². The van der Waals surface area contributed by atoms with Gasteiger partial charge in [-0.3, -0.25) is 0 Å². The monoisotopic (exact) mass is 740 g/mol. The molecule has 3 heterocycles. The molecule has 6 nitrogen and oxygen atoms in total. The van der Waals surface area contributed by atoms with E-state index in [4.69, 9.17) is 15.0 Å². The highest BCUT2D eigenvalue weighted by Crippen LogP contribution is 2.47.